The second-order valence-electron chi connectivity index (χ2n) is 21.1. The minimum atomic E-state index is -1.01. The van der Waals surface area contributed by atoms with Crippen molar-refractivity contribution in [3.63, 3.8) is 0 Å². The molecule has 1 heterocycles. The zero-order valence-corrected chi connectivity index (χ0v) is 46.0. The van der Waals surface area contributed by atoms with E-state index < -0.39 is 30.2 Å². The van der Waals surface area contributed by atoms with Gasteiger partial charge in [0.25, 0.3) is 0 Å². The molecule has 3 aromatic carbocycles. The van der Waals surface area contributed by atoms with E-state index in [9.17, 15) is 9.59 Å². The lowest BCUT2D eigenvalue weighted by molar-refractivity contribution is -0.184. The molecule has 1 saturated heterocycles. The van der Waals surface area contributed by atoms with Crippen LogP contribution >= 0.6 is 0 Å². The maximum atomic E-state index is 13.7. The summed E-state index contributed by atoms with van der Waals surface area (Å²) in [6.45, 7) is 4.61. The van der Waals surface area contributed by atoms with Crippen molar-refractivity contribution in [2.45, 2.75) is 275 Å². The molecule has 0 unspecified atom stereocenters. The summed E-state index contributed by atoms with van der Waals surface area (Å²) in [6.07, 6.45) is 40.6. The van der Waals surface area contributed by atoms with Crippen molar-refractivity contribution >= 4 is 11.9 Å². The molecule has 0 aliphatic carbocycles. The van der Waals surface area contributed by atoms with Crippen molar-refractivity contribution < 1.29 is 33.3 Å². The summed E-state index contributed by atoms with van der Waals surface area (Å²) in [5.41, 5.74) is 1.84. The highest BCUT2D eigenvalue weighted by molar-refractivity contribution is 5.71. The van der Waals surface area contributed by atoms with Crippen molar-refractivity contribution in [1.29, 1.82) is 0 Å². The molecule has 0 amide bonds. The summed E-state index contributed by atoms with van der Waals surface area (Å²) < 4.78 is 32.0. The van der Waals surface area contributed by atoms with Crippen LogP contribution in [0, 0.1) is 0 Å². The van der Waals surface area contributed by atoms with Crippen LogP contribution in [0.15, 0.2) is 91.0 Å². The van der Waals surface area contributed by atoms with Crippen molar-refractivity contribution in [2.24, 2.45) is 0 Å². The normalized spacial score (nSPS) is 16.8. The molecule has 0 aromatic heterocycles. The number of carbonyl (C=O) groups excluding carboxylic acids is 2. The number of methoxy groups -OCH3 is 1. The van der Waals surface area contributed by atoms with Crippen molar-refractivity contribution in [3.8, 4) is 0 Å². The fourth-order valence-corrected chi connectivity index (χ4v) is 10.7. The van der Waals surface area contributed by atoms with Crippen LogP contribution in [0.3, 0.4) is 0 Å². The molecule has 404 valence electrons. The highest BCUT2D eigenvalue weighted by Gasteiger charge is 2.51. The predicted octanol–water partition coefficient (Wildman–Crippen LogP) is 18.3. The highest BCUT2D eigenvalue weighted by atomic mass is 16.7. The number of hydrogen-bond acceptors (Lipinski definition) is 7. The Kier molecular flexibility index (Phi) is 33.8. The third-order valence-corrected chi connectivity index (χ3v) is 15.0. The Morgan fingerprint density at radius 3 is 0.972 bits per heavy atom. The van der Waals surface area contributed by atoms with Gasteiger partial charge < -0.3 is 23.7 Å². The summed E-state index contributed by atoms with van der Waals surface area (Å²) in [5.74, 6) is -0.643. The molecule has 3 aromatic rings. The van der Waals surface area contributed by atoms with Crippen LogP contribution < -0.4 is 0 Å². The first-order valence-electron chi connectivity index (χ1n) is 29.9. The number of hydrogen-bond donors (Lipinski definition) is 0. The lowest BCUT2D eigenvalue weighted by Gasteiger charge is -2.37. The first-order chi connectivity index (χ1) is 35.5. The van der Waals surface area contributed by atoms with Gasteiger partial charge in [-0.05, 0) is 29.5 Å². The zero-order chi connectivity index (χ0) is 51.0. The van der Waals surface area contributed by atoms with Crippen LogP contribution in [-0.4, -0.2) is 50.3 Å². The largest absolute Gasteiger partial charge is 0.455 e. The Morgan fingerprint density at radius 1 is 0.403 bits per heavy atom. The average Bonchev–Trinajstić information content (AvgIpc) is 3.73. The molecule has 0 N–H and O–H groups in total. The Morgan fingerprint density at radius 2 is 0.681 bits per heavy atom. The molecular formula is C65H102O7. The van der Waals surface area contributed by atoms with Gasteiger partial charge in [0.15, 0.2) is 18.5 Å². The average molecular weight is 996 g/mol. The zero-order valence-electron chi connectivity index (χ0n) is 46.0. The fraction of sp³-hybridized carbons (Fsp3) is 0.692. The van der Waals surface area contributed by atoms with Crippen molar-refractivity contribution in [1.82, 2.24) is 0 Å². The number of rotatable bonds is 45. The second-order valence-corrected chi connectivity index (χ2v) is 21.1. The molecule has 1 fully saturated rings. The van der Waals surface area contributed by atoms with Crippen LogP contribution in [0.2, 0.25) is 0 Å². The van der Waals surface area contributed by atoms with E-state index in [0.717, 1.165) is 55.2 Å². The van der Waals surface area contributed by atoms with Gasteiger partial charge in [-0.2, -0.15) is 0 Å². The van der Waals surface area contributed by atoms with Gasteiger partial charge in [-0.15, -0.1) is 0 Å². The molecule has 1 aliphatic rings. The fourth-order valence-electron chi connectivity index (χ4n) is 10.7. The smallest absolute Gasteiger partial charge is 0.306 e. The standard InChI is InChI=1S/C65H102O7/c1-4-6-8-10-12-14-16-18-20-22-24-26-28-30-32-34-45-53-60(66)71-62-59(55-69-65(56-47-39-36-40-48-56,57-49-41-37-42-50-57)58-51-43-38-44-52-58)70-64(68-3)63(62)72-61(67)54-46-35-33-31-29-27-25-23-21-19-17-15-13-11-9-7-5-2/h36-44,47-52,59,62-64H,4-35,45-46,53-55H2,1-3H3/t59-,62-,63-,64-/m1/s1. The summed E-state index contributed by atoms with van der Waals surface area (Å²) in [5, 5.41) is 0. The minimum Gasteiger partial charge on any atom is -0.455 e. The van der Waals surface area contributed by atoms with E-state index in [1.54, 1.807) is 7.11 Å². The lowest BCUT2D eigenvalue weighted by atomic mass is 9.80. The molecule has 4 atom stereocenters. The molecule has 1 aliphatic heterocycles. The Bertz CT molecular complexity index is 1640. The summed E-state index contributed by atoms with van der Waals surface area (Å²) in [7, 11) is 1.55. The van der Waals surface area contributed by atoms with Crippen LogP contribution in [-0.2, 0) is 38.9 Å². The first kappa shape index (κ1) is 61.0. The van der Waals surface area contributed by atoms with Gasteiger partial charge in [0.05, 0.1) is 6.61 Å². The Labute approximate surface area is 440 Å². The van der Waals surface area contributed by atoms with E-state index in [-0.39, 0.29) is 18.5 Å². The predicted molar refractivity (Wildman–Crippen MR) is 298 cm³/mol. The number of unbranched alkanes of at least 4 members (excludes halogenated alkanes) is 32. The molecule has 4 rings (SSSR count). The van der Waals surface area contributed by atoms with Crippen molar-refractivity contribution in [2.75, 3.05) is 13.7 Å². The second kappa shape index (κ2) is 39.9. The molecule has 7 heteroatoms. The van der Waals surface area contributed by atoms with Crippen LogP contribution in [0.5, 0.6) is 0 Å². The monoisotopic (exact) mass is 995 g/mol. The van der Waals surface area contributed by atoms with E-state index >= 15 is 0 Å². The minimum absolute atomic E-state index is 0.0445. The van der Waals surface area contributed by atoms with E-state index in [0.29, 0.717) is 12.8 Å². The molecule has 7 nitrogen and oxygen atoms in total. The molecular weight excluding hydrogens is 893 g/mol. The van der Waals surface area contributed by atoms with E-state index in [1.807, 2.05) is 54.6 Å². The number of benzene rings is 3. The Hall–Kier alpha value is -3.52. The van der Waals surface area contributed by atoms with Crippen LogP contribution in [0.1, 0.15) is 262 Å². The lowest BCUT2D eigenvalue weighted by Crippen LogP contribution is -2.43. The van der Waals surface area contributed by atoms with Crippen molar-refractivity contribution in [3.05, 3.63) is 108 Å². The van der Waals surface area contributed by atoms with Gasteiger partial charge in [-0.25, -0.2) is 0 Å². The molecule has 0 spiro atoms. The number of ether oxygens (including phenoxy) is 5. The maximum Gasteiger partial charge on any atom is 0.306 e. The topological polar surface area (TPSA) is 80.3 Å². The highest BCUT2D eigenvalue weighted by Crippen LogP contribution is 2.42. The maximum absolute atomic E-state index is 13.7. The summed E-state index contributed by atoms with van der Waals surface area (Å²) >= 11 is 0. The first-order valence-corrected chi connectivity index (χ1v) is 29.9. The Balaban J connectivity index is 1.27. The van der Waals surface area contributed by atoms with Gasteiger partial charge >= 0.3 is 11.9 Å². The number of esters is 2. The molecule has 0 bridgehead atoms. The SMILES string of the molecule is CCCCCCCCCCCCCCCCCCCC(=O)O[C@H]1[C@H](OC)O[C@H](COC(c2ccccc2)(c2ccccc2)c2ccccc2)[C@H]1OC(=O)CCCCCCCCCCCCCCCCCCC. The molecule has 0 saturated carbocycles. The third kappa shape index (κ3) is 24.2. The van der Waals surface area contributed by atoms with E-state index in [4.69, 9.17) is 23.7 Å². The van der Waals surface area contributed by atoms with E-state index in [1.165, 1.54) is 180 Å². The summed E-state index contributed by atoms with van der Waals surface area (Å²) in [4.78, 5) is 27.3. The number of carbonyl (C=O) groups is 2. The van der Waals surface area contributed by atoms with Gasteiger partial charge in [0.1, 0.15) is 11.7 Å². The van der Waals surface area contributed by atoms with Gasteiger partial charge in [-0.1, -0.05) is 310 Å². The molecule has 72 heavy (non-hydrogen) atoms. The summed E-state index contributed by atoms with van der Waals surface area (Å²) in [6, 6.07) is 30.6. The van der Waals surface area contributed by atoms with Crippen LogP contribution in [0.25, 0.3) is 0 Å². The van der Waals surface area contributed by atoms with E-state index in [2.05, 4.69) is 50.2 Å². The van der Waals surface area contributed by atoms with Gasteiger partial charge in [0, 0.05) is 20.0 Å². The van der Waals surface area contributed by atoms with Gasteiger partial charge in [0.2, 0.25) is 0 Å². The van der Waals surface area contributed by atoms with Gasteiger partial charge in [-0.3, -0.25) is 9.59 Å². The third-order valence-electron chi connectivity index (χ3n) is 15.0. The molecule has 0 radical (unpaired) electrons. The van der Waals surface area contributed by atoms with Crippen LogP contribution in [0.4, 0.5) is 0 Å². The quantitative estimate of drug-likeness (QED) is 0.0317.